The van der Waals surface area contributed by atoms with E-state index in [9.17, 15) is 0 Å². The van der Waals surface area contributed by atoms with E-state index < -0.39 is 0 Å². The van der Waals surface area contributed by atoms with E-state index in [2.05, 4.69) is 30.3 Å². The lowest BCUT2D eigenvalue weighted by molar-refractivity contribution is 0.118. The lowest BCUT2D eigenvalue weighted by atomic mass is 10.1. The Morgan fingerprint density at radius 2 is 1.63 bits per heavy atom. The van der Waals surface area contributed by atoms with Crippen LogP contribution in [-0.2, 0) is 17.8 Å². The minimum atomic E-state index is 0.612. The van der Waals surface area contributed by atoms with Gasteiger partial charge in [0.15, 0.2) is 0 Å². The van der Waals surface area contributed by atoms with Crippen LogP contribution in [0.5, 0.6) is 0 Å². The Morgan fingerprint density at radius 3 is 2.32 bits per heavy atom. The van der Waals surface area contributed by atoms with Crippen molar-refractivity contribution in [2.45, 2.75) is 19.4 Å². The van der Waals surface area contributed by atoms with E-state index in [4.69, 9.17) is 10.00 Å². The van der Waals surface area contributed by atoms with Crippen LogP contribution in [0.4, 0.5) is 0 Å². The van der Waals surface area contributed by atoms with Crippen LogP contribution in [0.1, 0.15) is 23.1 Å². The van der Waals surface area contributed by atoms with Crippen LogP contribution in [0.2, 0.25) is 0 Å². The average Bonchev–Trinajstić information content (AvgIpc) is 2.49. The molecule has 0 atom stereocenters. The normalized spacial score (nSPS) is 10.1. The van der Waals surface area contributed by atoms with E-state index in [1.165, 1.54) is 5.56 Å². The Bertz CT molecular complexity index is 525. The van der Waals surface area contributed by atoms with E-state index in [0.29, 0.717) is 12.2 Å². The summed E-state index contributed by atoms with van der Waals surface area (Å²) in [6.07, 6.45) is 2.08. The third kappa shape index (κ3) is 4.57. The molecule has 0 saturated carbocycles. The molecule has 0 heterocycles. The van der Waals surface area contributed by atoms with E-state index in [1.807, 2.05) is 30.3 Å². The molecule has 0 saturated heterocycles. The van der Waals surface area contributed by atoms with Crippen molar-refractivity contribution < 1.29 is 4.74 Å². The number of ether oxygens (including phenoxy) is 1. The Labute approximate surface area is 114 Å². The van der Waals surface area contributed by atoms with E-state index in [-0.39, 0.29) is 0 Å². The molecule has 2 nitrogen and oxygen atoms in total. The molecule has 0 amide bonds. The minimum Gasteiger partial charge on any atom is -0.377 e. The van der Waals surface area contributed by atoms with Crippen LogP contribution in [0.3, 0.4) is 0 Å². The zero-order chi connectivity index (χ0) is 13.3. The van der Waals surface area contributed by atoms with Crippen LogP contribution < -0.4 is 0 Å². The average molecular weight is 251 g/mol. The predicted octanol–water partition coefficient (Wildman–Crippen LogP) is 3.71. The summed E-state index contributed by atoms with van der Waals surface area (Å²) < 4.78 is 5.63. The molecule has 0 spiro atoms. The van der Waals surface area contributed by atoms with Crippen molar-refractivity contribution in [1.82, 2.24) is 0 Å². The molecule has 0 bridgehead atoms. The highest BCUT2D eigenvalue weighted by atomic mass is 16.5. The molecule has 2 aromatic rings. The highest BCUT2D eigenvalue weighted by Crippen LogP contribution is 2.06. The molecule has 2 heteroatoms. The summed E-state index contributed by atoms with van der Waals surface area (Å²) in [4.78, 5) is 0. The third-order valence-corrected chi connectivity index (χ3v) is 2.95. The second kappa shape index (κ2) is 7.35. The maximum atomic E-state index is 8.70. The van der Waals surface area contributed by atoms with Gasteiger partial charge in [0.05, 0.1) is 18.2 Å². The van der Waals surface area contributed by atoms with E-state index in [1.54, 1.807) is 0 Å². The van der Waals surface area contributed by atoms with Crippen molar-refractivity contribution >= 4 is 0 Å². The molecule has 0 aliphatic heterocycles. The number of nitriles is 1. The predicted molar refractivity (Wildman–Crippen MR) is 75.6 cm³/mol. The van der Waals surface area contributed by atoms with Gasteiger partial charge in [0.2, 0.25) is 0 Å². The fourth-order valence-electron chi connectivity index (χ4n) is 1.89. The molecular formula is C17H17NO. The molecule has 0 radical (unpaired) electrons. The first-order chi connectivity index (χ1) is 9.38. The number of hydrogen-bond acceptors (Lipinski definition) is 2. The second-order valence-electron chi connectivity index (χ2n) is 4.45. The maximum absolute atomic E-state index is 8.70. The van der Waals surface area contributed by atoms with E-state index in [0.717, 1.165) is 25.0 Å². The van der Waals surface area contributed by atoms with Gasteiger partial charge in [-0.1, -0.05) is 42.5 Å². The molecule has 2 aromatic carbocycles. The lowest BCUT2D eigenvalue weighted by Crippen LogP contribution is -1.97. The number of aryl methyl sites for hydroxylation is 1. The van der Waals surface area contributed by atoms with Crippen molar-refractivity contribution in [3.05, 3.63) is 71.3 Å². The highest BCUT2D eigenvalue weighted by molar-refractivity contribution is 5.31. The SMILES string of the molecule is N#Cc1ccc(COCCCc2ccccc2)cc1. The first-order valence-corrected chi connectivity index (χ1v) is 6.49. The topological polar surface area (TPSA) is 33.0 Å². The molecule has 0 aromatic heterocycles. The van der Waals surface area contributed by atoms with Crippen molar-refractivity contribution in [1.29, 1.82) is 5.26 Å². The standard InChI is InChI=1S/C17H17NO/c18-13-16-8-10-17(11-9-16)14-19-12-4-7-15-5-2-1-3-6-15/h1-3,5-6,8-11H,4,7,12,14H2. The molecule has 2 rings (SSSR count). The summed E-state index contributed by atoms with van der Waals surface area (Å²) in [5.74, 6) is 0. The molecule has 0 fully saturated rings. The van der Waals surface area contributed by atoms with Gasteiger partial charge in [-0.05, 0) is 36.1 Å². The fraction of sp³-hybridized carbons (Fsp3) is 0.235. The van der Waals surface area contributed by atoms with Crippen LogP contribution in [0.25, 0.3) is 0 Å². The van der Waals surface area contributed by atoms with Crippen LogP contribution in [0.15, 0.2) is 54.6 Å². The number of hydrogen-bond donors (Lipinski definition) is 0. The first kappa shape index (κ1) is 13.3. The van der Waals surface area contributed by atoms with Gasteiger partial charge in [0.1, 0.15) is 0 Å². The van der Waals surface area contributed by atoms with Gasteiger partial charge < -0.3 is 4.74 Å². The Kier molecular flexibility index (Phi) is 5.16. The Morgan fingerprint density at radius 1 is 0.895 bits per heavy atom. The molecule has 0 unspecified atom stereocenters. The van der Waals surface area contributed by atoms with Gasteiger partial charge in [-0.2, -0.15) is 5.26 Å². The summed E-state index contributed by atoms with van der Waals surface area (Å²) in [5, 5.41) is 8.70. The number of nitrogens with zero attached hydrogens (tertiary/aromatic N) is 1. The summed E-state index contributed by atoms with van der Waals surface area (Å²) >= 11 is 0. The minimum absolute atomic E-state index is 0.612. The summed E-state index contributed by atoms with van der Waals surface area (Å²) in [6, 6.07) is 20.1. The van der Waals surface area contributed by atoms with Crippen molar-refractivity contribution in [3.63, 3.8) is 0 Å². The highest BCUT2D eigenvalue weighted by Gasteiger charge is 1.96. The fourth-order valence-corrected chi connectivity index (χ4v) is 1.89. The van der Waals surface area contributed by atoms with Crippen LogP contribution >= 0.6 is 0 Å². The Hall–Kier alpha value is -2.11. The molecule has 0 aliphatic carbocycles. The molecule has 19 heavy (non-hydrogen) atoms. The van der Waals surface area contributed by atoms with Gasteiger partial charge in [-0.25, -0.2) is 0 Å². The Balaban J connectivity index is 1.65. The summed E-state index contributed by atoms with van der Waals surface area (Å²) in [6.45, 7) is 1.37. The van der Waals surface area contributed by atoms with Crippen molar-refractivity contribution in [2.75, 3.05) is 6.61 Å². The quantitative estimate of drug-likeness (QED) is 0.733. The summed E-state index contributed by atoms with van der Waals surface area (Å²) in [5.41, 5.74) is 3.15. The maximum Gasteiger partial charge on any atom is 0.0991 e. The summed E-state index contributed by atoms with van der Waals surface area (Å²) in [7, 11) is 0. The molecule has 0 N–H and O–H groups in total. The molecule has 0 aliphatic rings. The largest absolute Gasteiger partial charge is 0.377 e. The number of rotatable bonds is 6. The molecule has 96 valence electrons. The van der Waals surface area contributed by atoms with Gasteiger partial charge >= 0.3 is 0 Å². The lowest BCUT2D eigenvalue weighted by Gasteiger charge is -2.05. The number of benzene rings is 2. The van der Waals surface area contributed by atoms with Crippen molar-refractivity contribution in [2.24, 2.45) is 0 Å². The second-order valence-corrected chi connectivity index (χ2v) is 4.45. The third-order valence-electron chi connectivity index (χ3n) is 2.95. The monoisotopic (exact) mass is 251 g/mol. The zero-order valence-corrected chi connectivity index (χ0v) is 10.9. The molecular weight excluding hydrogens is 234 g/mol. The first-order valence-electron chi connectivity index (χ1n) is 6.49. The zero-order valence-electron chi connectivity index (χ0n) is 10.9. The van der Waals surface area contributed by atoms with E-state index >= 15 is 0 Å². The van der Waals surface area contributed by atoms with Crippen molar-refractivity contribution in [3.8, 4) is 6.07 Å². The van der Waals surface area contributed by atoms with Gasteiger partial charge in [-0.3, -0.25) is 0 Å². The van der Waals surface area contributed by atoms with Crippen LogP contribution in [0, 0.1) is 11.3 Å². The van der Waals surface area contributed by atoms with Gasteiger partial charge in [-0.15, -0.1) is 0 Å². The smallest absolute Gasteiger partial charge is 0.0991 e. The van der Waals surface area contributed by atoms with Gasteiger partial charge in [0.25, 0.3) is 0 Å². The van der Waals surface area contributed by atoms with Gasteiger partial charge in [0, 0.05) is 6.61 Å². The van der Waals surface area contributed by atoms with Crippen LogP contribution in [-0.4, -0.2) is 6.61 Å².